The summed E-state index contributed by atoms with van der Waals surface area (Å²) in [4.78, 5) is 43.8. The standard InChI is InChI=1S/C15H18N3O9PS/c19-10-9(6-26-28(23,24)25)27-14(11(10)20)18-15(22)16-12(21)13(17-18)29-7-8-4-2-1-3-5-8/h1-5,9-11,14,19-20H,6-7H2,(H,16,21,22)(H2,23,24,25)/t9-,10-,11-,14-/m1/s1. The van der Waals surface area contributed by atoms with E-state index >= 15 is 0 Å². The van der Waals surface area contributed by atoms with Crippen molar-refractivity contribution < 1.29 is 33.8 Å². The van der Waals surface area contributed by atoms with Gasteiger partial charge in [-0.05, 0) is 5.56 Å². The molecule has 1 aliphatic rings. The molecule has 0 unspecified atom stereocenters. The molecular formula is C15H18N3O9PS. The molecule has 2 heterocycles. The van der Waals surface area contributed by atoms with Crippen LogP contribution < -0.4 is 11.2 Å². The van der Waals surface area contributed by atoms with Crippen molar-refractivity contribution in [2.75, 3.05) is 6.61 Å². The van der Waals surface area contributed by atoms with E-state index in [9.17, 15) is 24.4 Å². The highest BCUT2D eigenvalue weighted by Crippen LogP contribution is 2.38. The smallest absolute Gasteiger partial charge is 0.387 e. The number of aromatic nitrogens is 3. The number of aromatic amines is 1. The molecule has 29 heavy (non-hydrogen) atoms. The second-order valence-corrected chi connectivity index (χ2v) is 8.32. The first-order valence-corrected chi connectivity index (χ1v) is 10.8. The molecule has 4 atom stereocenters. The van der Waals surface area contributed by atoms with Crippen LogP contribution in [0.1, 0.15) is 11.8 Å². The van der Waals surface area contributed by atoms with Crippen LogP contribution in [0.25, 0.3) is 0 Å². The zero-order chi connectivity index (χ0) is 21.2. The Bertz CT molecular complexity index is 1010. The van der Waals surface area contributed by atoms with Crippen LogP contribution in [0.2, 0.25) is 0 Å². The van der Waals surface area contributed by atoms with Crippen molar-refractivity contribution in [1.29, 1.82) is 0 Å². The highest BCUT2D eigenvalue weighted by atomic mass is 32.2. The van der Waals surface area contributed by atoms with Crippen molar-refractivity contribution in [3.05, 3.63) is 56.7 Å². The molecule has 0 bridgehead atoms. The van der Waals surface area contributed by atoms with Gasteiger partial charge in [-0.2, -0.15) is 9.78 Å². The van der Waals surface area contributed by atoms with E-state index in [1.807, 2.05) is 30.3 Å². The molecule has 12 nitrogen and oxygen atoms in total. The zero-order valence-electron chi connectivity index (χ0n) is 14.7. The monoisotopic (exact) mass is 447 g/mol. The van der Waals surface area contributed by atoms with Gasteiger partial charge in [-0.1, -0.05) is 42.1 Å². The first kappa shape index (κ1) is 21.9. The van der Waals surface area contributed by atoms with Gasteiger partial charge in [-0.25, -0.2) is 9.36 Å². The lowest BCUT2D eigenvalue weighted by molar-refractivity contribution is -0.0619. The van der Waals surface area contributed by atoms with Crippen molar-refractivity contribution in [3.8, 4) is 0 Å². The number of aliphatic hydroxyl groups is 2. The van der Waals surface area contributed by atoms with E-state index in [1.165, 1.54) is 0 Å². The Balaban J connectivity index is 1.80. The summed E-state index contributed by atoms with van der Waals surface area (Å²) in [6.07, 6.45) is -6.07. The molecule has 2 aromatic rings. The van der Waals surface area contributed by atoms with E-state index in [0.29, 0.717) is 10.4 Å². The van der Waals surface area contributed by atoms with Gasteiger partial charge in [-0.15, -0.1) is 0 Å². The van der Waals surface area contributed by atoms with Gasteiger partial charge in [0.05, 0.1) is 6.61 Å². The van der Waals surface area contributed by atoms with Crippen molar-refractivity contribution in [2.24, 2.45) is 0 Å². The Labute approximate surface area is 167 Å². The summed E-state index contributed by atoms with van der Waals surface area (Å²) in [6.45, 7) is -0.729. The van der Waals surface area contributed by atoms with Gasteiger partial charge in [0.2, 0.25) is 0 Å². The van der Waals surface area contributed by atoms with Gasteiger partial charge in [-0.3, -0.25) is 14.3 Å². The second kappa shape index (κ2) is 8.90. The van der Waals surface area contributed by atoms with Gasteiger partial charge in [0.15, 0.2) is 11.3 Å². The summed E-state index contributed by atoms with van der Waals surface area (Å²) < 4.78 is 21.1. The minimum absolute atomic E-state index is 0.0614. The molecule has 1 aromatic heterocycles. The normalized spacial score (nSPS) is 24.7. The number of rotatable bonds is 7. The van der Waals surface area contributed by atoms with E-state index in [-0.39, 0.29) is 5.03 Å². The number of phosphoric acid groups is 1. The largest absolute Gasteiger partial charge is 0.469 e. The summed E-state index contributed by atoms with van der Waals surface area (Å²) >= 11 is 1.06. The van der Waals surface area contributed by atoms with E-state index in [1.54, 1.807) is 0 Å². The average Bonchev–Trinajstić information content (AvgIpc) is 2.94. The number of aliphatic hydroxyl groups excluding tert-OH is 2. The lowest BCUT2D eigenvalue weighted by Gasteiger charge is -2.16. The van der Waals surface area contributed by atoms with Gasteiger partial charge in [0.25, 0.3) is 5.56 Å². The van der Waals surface area contributed by atoms with Gasteiger partial charge >= 0.3 is 13.5 Å². The number of benzene rings is 1. The topological polar surface area (TPSA) is 184 Å². The number of hydrogen-bond donors (Lipinski definition) is 5. The van der Waals surface area contributed by atoms with Crippen molar-refractivity contribution in [3.63, 3.8) is 0 Å². The number of phosphoric ester groups is 1. The number of thioether (sulfide) groups is 1. The summed E-state index contributed by atoms with van der Waals surface area (Å²) in [7, 11) is -4.83. The fraction of sp³-hybridized carbons (Fsp3) is 0.400. The molecule has 0 saturated carbocycles. The first-order chi connectivity index (χ1) is 13.7. The molecule has 14 heteroatoms. The molecule has 158 valence electrons. The van der Waals surface area contributed by atoms with Crippen LogP contribution in [-0.2, 0) is 19.6 Å². The third-order valence-corrected chi connectivity index (χ3v) is 5.53. The fourth-order valence-electron chi connectivity index (χ4n) is 2.63. The van der Waals surface area contributed by atoms with Crippen molar-refractivity contribution in [2.45, 2.75) is 35.3 Å². The summed E-state index contributed by atoms with van der Waals surface area (Å²) in [5.41, 5.74) is -0.785. The molecule has 1 aromatic carbocycles. The fourth-order valence-corrected chi connectivity index (χ4v) is 3.79. The molecule has 1 fully saturated rings. The second-order valence-electron chi connectivity index (χ2n) is 6.12. The highest BCUT2D eigenvalue weighted by molar-refractivity contribution is 7.98. The van der Waals surface area contributed by atoms with E-state index in [0.717, 1.165) is 17.3 Å². The molecule has 0 amide bonds. The average molecular weight is 447 g/mol. The van der Waals surface area contributed by atoms with Gasteiger partial charge < -0.3 is 24.7 Å². The quantitative estimate of drug-likeness (QED) is 0.258. The van der Waals surface area contributed by atoms with Crippen LogP contribution in [0.3, 0.4) is 0 Å². The number of H-pyrrole nitrogens is 1. The Morgan fingerprint density at radius 3 is 2.55 bits per heavy atom. The molecule has 5 N–H and O–H groups in total. The maximum Gasteiger partial charge on any atom is 0.469 e. The third kappa shape index (κ3) is 5.41. The third-order valence-electron chi connectivity index (χ3n) is 4.02. The van der Waals surface area contributed by atoms with Crippen LogP contribution >= 0.6 is 19.6 Å². The number of nitrogens with zero attached hydrogens (tertiary/aromatic N) is 2. The van der Waals surface area contributed by atoms with Crippen molar-refractivity contribution >= 4 is 19.6 Å². The van der Waals surface area contributed by atoms with Crippen LogP contribution in [0.5, 0.6) is 0 Å². The Morgan fingerprint density at radius 2 is 1.90 bits per heavy atom. The number of ether oxygens (including phenoxy) is 1. The molecule has 1 aliphatic heterocycles. The molecule has 3 rings (SSSR count). The highest BCUT2D eigenvalue weighted by Gasteiger charge is 2.45. The van der Waals surface area contributed by atoms with Crippen LogP contribution in [-0.4, -0.2) is 59.7 Å². The molecule has 0 aliphatic carbocycles. The lowest BCUT2D eigenvalue weighted by Crippen LogP contribution is -2.40. The van der Waals surface area contributed by atoms with E-state index < -0.39 is 50.2 Å². The van der Waals surface area contributed by atoms with Crippen LogP contribution in [0.15, 0.2) is 44.9 Å². The predicted octanol–water partition coefficient (Wildman–Crippen LogP) is -1.05. The van der Waals surface area contributed by atoms with Gasteiger partial charge in [0, 0.05) is 5.75 Å². The summed E-state index contributed by atoms with van der Waals surface area (Å²) in [5, 5.41) is 24.1. The molecule has 0 radical (unpaired) electrons. The molecular weight excluding hydrogens is 429 g/mol. The van der Waals surface area contributed by atoms with Crippen molar-refractivity contribution in [1.82, 2.24) is 14.8 Å². The minimum atomic E-state index is -4.83. The first-order valence-electron chi connectivity index (χ1n) is 8.27. The maximum absolute atomic E-state index is 12.1. The zero-order valence-corrected chi connectivity index (χ0v) is 16.4. The SMILES string of the molecule is O=c1[nH]c(=O)n([C@@H]2O[C@H](COP(=O)(O)O)[C@@H](O)[C@H]2O)nc1SCc1ccccc1. The minimum Gasteiger partial charge on any atom is -0.387 e. The Hall–Kier alpha value is -1.83. The summed E-state index contributed by atoms with van der Waals surface area (Å²) in [6, 6.07) is 9.21. The number of hydrogen-bond acceptors (Lipinski definition) is 9. The van der Waals surface area contributed by atoms with Crippen LogP contribution in [0.4, 0.5) is 0 Å². The van der Waals surface area contributed by atoms with E-state index in [4.69, 9.17) is 14.5 Å². The Morgan fingerprint density at radius 1 is 1.21 bits per heavy atom. The lowest BCUT2D eigenvalue weighted by atomic mass is 10.1. The molecule has 0 spiro atoms. The maximum atomic E-state index is 12.1. The van der Waals surface area contributed by atoms with Gasteiger partial charge in [0.1, 0.15) is 18.3 Å². The van der Waals surface area contributed by atoms with E-state index in [2.05, 4.69) is 14.6 Å². The Kier molecular flexibility index (Phi) is 6.71. The predicted molar refractivity (Wildman–Crippen MR) is 99.0 cm³/mol. The molecule has 1 saturated heterocycles. The van der Waals surface area contributed by atoms with Crippen LogP contribution in [0, 0.1) is 0 Å². The number of nitrogens with one attached hydrogen (secondary N) is 1. The summed E-state index contributed by atoms with van der Waals surface area (Å²) in [5.74, 6) is 0.393.